The van der Waals surface area contributed by atoms with E-state index in [9.17, 15) is 18.0 Å². The molecule has 1 aliphatic carbocycles. The highest BCUT2D eigenvalue weighted by atomic mass is 19.4. The van der Waals surface area contributed by atoms with Gasteiger partial charge < -0.3 is 16.0 Å². The predicted octanol–water partition coefficient (Wildman–Crippen LogP) is 2.89. The Morgan fingerprint density at radius 2 is 1.78 bits per heavy atom. The number of nitrogen functional groups attached to an aromatic ring is 1. The van der Waals surface area contributed by atoms with Crippen LogP contribution in [0.2, 0.25) is 0 Å². The van der Waals surface area contributed by atoms with E-state index in [-0.39, 0.29) is 17.3 Å². The van der Waals surface area contributed by atoms with Gasteiger partial charge in [0.05, 0.1) is 5.56 Å². The lowest BCUT2D eigenvalue weighted by atomic mass is 9.90. The van der Waals surface area contributed by atoms with Crippen LogP contribution in [0.3, 0.4) is 0 Å². The Balaban J connectivity index is 2.03. The molecule has 0 saturated heterocycles. The highest BCUT2D eigenvalue weighted by Gasteiger charge is 2.32. The zero-order valence-electron chi connectivity index (χ0n) is 13.3. The van der Waals surface area contributed by atoms with E-state index in [1.54, 1.807) is 0 Å². The molecule has 1 aromatic carbocycles. The maximum atomic E-state index is 12.8. The lowest BCUT2D eigenvalue weighted by molar-refractivity contribution is -0.137. The van der Waals surface area contributed by atoms with Crippen LogP contribution < -0.4 is 11.1 Å². The van der Waals surface area contributed by atoms with Gasteiger partial charge in [0.15, 0.2) is 0 Å². The molecule has 0 radical (unpaired) electrons. The Morgan fingerprint density at radius 3 is 2.30 bits per heavy atom. The molecule has 0 atom stereocenters. The Labute approximate surface area is 133 Å². The number of benzene rings is 1. The third kappa shape index (κ3) is 4.60. The highest BCUT2D eigenvalue weighted by Crippen LogP contribution is 2.31. The van der Waals surface area contributed by atoms with Crippen LogP contribution in [0, 0.1) is 0 Å². The van der Waals surface area contributed by atoms with Gasteiger partial charge in [0.2, 0.25) is 0 Å². The van der Waals surface area contributed by atoms with Crippen LogP contribution >= 0.6 is 0 Å². The van der Waals surface area contributed by atoms with E-state index in [1.807, 2.05) is 14.1 Å². The summed E-state index contributed by atoms with van der Waals surface area (Å²) < 4.78 is 38.4. The van der Waals surface area contributed by atoms with E-state index in [0.717, 1.165) is 37.8 Å². The van der Waals surface area contributed by atoms with Crippen LogP contribution in [0.15, 0.2) is 18.2 Å². The van der Waals surface area contributed by atoms with Gasteiger partial charge >= 0.3 is 6.18 Å². The summed E-state index contributed by atoms with van der Waals surface area (Å²) >= 11 is 0. The van der Waals surface area contributed by atoms with Crippen LogP contribution in [0.4, 0.5) is 18.9 Å². The third-order valence-electron chi connectivity index (χ3n) is 4.31. The van der Waals surface area contributed by atoms with Crippen molar-refractivity contribution >= 4 is 11.6 Å². The van der Waals surface area contributed by atoms with Crippen LogP contribution in [-0.4, -0.2) is 37.0 Å². The molecule has 1 fully saturated rings. The summed E-state index contributed by atoms with van der Waals surface area (Å²) in [5, 5.41) is 2.82. The van der Waals surface area contributed by atoms with E-state index >= 15 is 0 Å². The molecule has 0 unspecified atom stereocenters. The van der Waals surface area contributed by atoms with E-state index < -0.39 is 17.6 Å². The molecule has 23 heavy (non-hydrogen) atoms. The molecule has 4 nitrogen and oxygen atoms in total. The standard InChI is InChI=1S/C16H22F3N3O/c1-22(2)14-5-3-13(4-6-14)21-15(23)10-7-11(16(17,18)19)9-12(20)8-10/h7-9,13-14H,3-6,20H2,1-2H3,(H,21,23)/t13-,14+. The number of hydrogen-bond donors (Lipinski definition) is 2. The number of nitrogens with zero attached hydrogens (tertiary/aromatic N) is 1. The summed E-state index contributed by atoms with van der Waals surface area (Å²) in [6, 6.07) is 3.44. The first-order valence-electron chi connectivity index (χ1n) is 7.62. The second kappa shape index (κ2) is 6.78. The quantitative estimate of drug-likeness (QED) is 0.839. The molecular formula is C16H22F3N3O. The monoisotopic (exact) mass is 329 g/mol. The van der Waals surface area contributed by atoms with Crippen LogP contribution in [-0.2, 0) is 6.18 Å². The summed E-state index contributed by atoms with van der Waals surface area (Å²) in [4.78, 5) is 14.4. The predicted molar refractivity (Wildman–Crippen MR) is 83.1 cm³/mol. The number of carbonyl (C=O) groups is 1. The van der Waals surface area contributed by atoms with Gasteiger partial charge in [-0.3, -0.25) is 4.79 Å². The molecule has 1 saturated carbocycles. The number of nitrogens with two attached hydrogens (primary N) is 1. The largest absolute Gasteiger partial charge is 0.416 e. The van der Waals surface area contributed by atoms with Gasteiger partial charge in [0.1, 0.15) is 0 Å². The van der Waals surface area contributed by atoms with E-state index in [4.69, 9.17) is 5.73 Å². The van der Waals surface area contributed by atoms with Gasteiger partial charge in [-0.2, -0.15) is 13.2 Å². The molecule has 128 valence electrons. The van der Waals surface area contributed by atoms with E-state index in [1.165, 1.54) is 6.07 Å². The van der Waals surface area contributed by atoms with Gasteiger partial charge in [-0.15, -0.1) is 0 Å². The smallest absolute Gasteiger partial charge is 0.399 e. The summed E-state index contributed by atoms with van der Waals surface area (Å²) in [6.07, 6.45) is -0.953. The maximum absolute atomic E-state index is 12.8. The molecule has 3 N–H and O–H groups in total. The van der Waals surface area contributed by atoms with Crippen molar-refractivity contribution in [2.75, 3.05) is 19.8 Å². The number of rotatable bonds is 3. The SMILES string of the molecule is CN(C)[C@H]1CC[C@@H](NC(=O)c2cc(N)cc(C(F)(F)F)c2)CC1. The van der Waals surface area contributed by atoms with Crippen molar-refractivity contribution in [1.82, 2.24) is 10.2 Å². The van der Waals surface area contributed by atoms with Gasteiger partial charge in [0, 0.05) is 23.3 Å². The fourth-order valence-corrected chi connectivity index (χ4v) is 2.95. The molecule has 7 heteroatoms. The number of nitrogens with one attached hydrogen (secondary N) is 1. The van der Waals surface area contributed by atoms with Crippen molar-refractivity contribution < 1.29 is 18.0 Å². The summed E-state index contributed by atoms with van der Waals surface area (Å²) in [6.45, 7) is 0. The normalized spacial score (nSPS) is 22.2. The number of anilines is 1. The minimum Gasteiger partial charge on any atom is -0.399 e. The van der Waals surface area contributed by atoms with Crippen molar-refractivity contribution in [3.05, 3.63) is 29.3 Å². The van der Waals surface area contributed by atoms with Crippen molar-refractivity contribution in [2.45, 2.75) is 43.9 Å². The molecule has 2 rings (SSSR count). The fourth-order valence-electron chi connectivity index (χ4n) is 2.95. The Kier molecular flexibility index (Phi) is 5.19. The van der Waals surface area contributed by atoms with E-state index in [0.29, 0.717) is 6.04 Å². The summed E-state index contributed by atoms with van der Waals surface area (Å²) in [5.74, 6) is -0.504. The number of alkyl halides is 3. The van der Waals surface area contributed by atoms with Crippen molar-refractivity contribution in [1.29, 1.82) is 0 Å². The van der Waals surface area contributed by atoms with E-state index in [2.05, 4.69) is 10.2 Å². The van der Waals surface area contributed by atoms with Gasteiger partial charge in [0.25, 0.3) is 5.91 Å². The number of carbonyl (C=O) groups excluding carboxylic acids is 1. The average molecular weight is 329 g/mol. The first-order chi connectivity index (χ1) is 10.7. The average Bonchev–Trinajstić information content (AvgIpc) is 2.46. The lowest BCUT2D eigenvalue weighted by Gasteiger charge is -2.33. The first kappa shape index (κ1) is 17.6. The molecule has 0 heterocycles. The highest BCUT2D eigenvalue weighted by molar-refractivity contribution is 5.95. The third-order valence-corrected chi connectivity index (χ3v) is 4.31. The molecule has 0 aromatic heterocycles. The molecule has 1 amide bonds. The van der Waals surface area contributed by atoms with Crippen LogP contribution in [0.5, 0.6) is 0 Å². The number of amides is 1. The van der Waals surface area contributed by atoms with Crippen molar-refractivity contribution in [3.63, 3.8) is 0 Å². The fraction of sp³-hybridized carbons (Fsp3) is 0.562. The molecule has 1 aliphatic rings. The maximum Gasteiger partial charge on any atom is 0.416 e. The molecule has 1 aromatic rings. The Hall–Kier alpha value is -1.76. The minimum absolute atomic E-state index is 0.00512. The minimum atomic E-state index is -4.52. The van der Waals surface area contributed by atoms with Crippen LogP contribution in [0.1, 0.15) is 41.6 Å². The van der Waals surface area contributed by atoms with Gasteiger partial charge in [-0.1, -0.05) is 0 Å². The Bertz CT molecular complexity index is 564. The topological polar surface area (TPSA) is 58.4 Å². The zero-order chi connectivity index (χ0) is 17.2. The molecule has 0 spiro atoms. The molecular weight excluding hydrogens is 307 g/mol. The Morgan fingerprint density at radius 1 is 1.17 bits per heavy atom. The van der Waals surface area contributed by atoms with Crippen molar-refractivity contribution in [3.8, 4) is 0 Å². The van der Waals surface area contributed by atoms with Gasteiger partial charge in [-0.05, 0) is 58.0 Å². The first-order valence-corrected chi connectivity index (χ1v) is 7.62. The van der Waals surface area contributed by atoms with Crippen LogP contribution in [0.25, 0.3) is 0 Å². The summed E-state index contributed by atoms with van der Waals surface area (Å²) in [7, 11) is 4.05. The summed E-state index contributed by atoms with van der Waals surface area (Å²) in [5.41, 5.74) is 4.47. The van der Waals surface area contributed by atoms with Crippen molar-refractivity contribution in [2.24, 2.45) is 0 Å². The lowest BCUT2D eigenvalue weighted by Crippen LogP contribution is -2.41. The van der Waals surface area contributed by atoms with Gasteiger partial charge in [-0.25, -0.2) is 0 Å². The zero-order valence-corrected chi connectivity index (χ0v) is 13.3. The second-order valence-corrected chi connectivity index (χ2v) is 6.28. The number of halogens is 3. The number of hydrogen-bond acceptors (Lipinski definition) is 3. The molecule has 0 bridgehead atoms. The second-order valence-electron chi connectivity index (χ2n) is 6.28. The molecule has 0 aliphatic heterocycles.